The maximum absolute atomic E-state index is 9.06. The fraction of sp³-hybridized carbons (Fsp3) is 0.417. The molecule has 1 nitrogen and oxygen atoms in total. The van der Waals surface area contributed by atoms with Crippen molar-refractivity contribution in [3.05, 3.63) is 34.3 Å². The Bertz CT molecular complexity index is 346. The summed E-state index contributed by atoms with van der Waals surface area (Å²) in [4.78, 5) is 0. The lowest BCUT2D eigenvalue weighted by atomic mass is 9.95. The molecule has 0 heterocycles. The molecule has 0 spiro atoms. The van der Waals surface area contributed by atoms with Gasteiger partial charge in [0, 0.05) is 4.47 Å². The van der Waals surface area contributed by atoms with E-state index in [0.29, 0.717) is 0 Å². The van der Waals surface area contributed by atoms with Crippen LogP contribution in [-0.2, 0) is 0 Å². The van der Waals surface area contributed by atoms with Crippen molar-refractivity contribution in [2.24, 2.45) is 5.92 Å². The molecule has 0 saturated heterocycles. The molecule has 0 N–H and O–H groups in total. The van der Waals surface area contributed by atoms with Crippen LogP contribution in [-0.4, -0.2) is 0 Å². The summed E-state index contributed by atoms with van der Waals surface area (Å²) in [6, 6.07) is 10.5. The van der Waals surface area contributed by atoms with Crippen LogP contribution >= 0.6 is 15.9 Å². The number of hydrogen-bond acceptors (Lipinski definition) is 1. The van der Waals surface area contributed by atoms with Gasteiger partial charge in [0.25, 0.3) is 0 Å². The van der Waals surface area contributed by atoms with Gasteiger partial charge in [0.05, 0.1) is 12.0 Å². The van der Waals surface area contributed by atoms with Gasteiger partial charge in [0.2, 0.25) is 0 Å². The van der Waals surface area contributed by atoms with Gasteiger partial charge >= 0.3 is 0 Å². The Morgan fingerprint density at radius 1 is 1.36 bits per heavy atom. The molecular weight excluding hydrogens is 238 g/mol. The summed E-state index contributed by atoms with van der Waals surface area (Å²) in [5.74, 6) is 0.902. The lowest BCUT2D eigenvalue weighted by molar-refractivity contribution is 0.671. The first-order chi connectivity index (χ1) is 6.79. The molecule has 1 fully saturated rings. The van der Waals surface area contributed by atoms with E-state index in [4.69, 9.17) is 5.26 Å². The quantitative estimate of drug-likeness (QED) is 0.799. The van der Waals surface area contributed by atoms with Crippen LogP contribution < -0.4 is 0 Å². The van der Waals surface area contributed by atoms with Crippen LogP contribution in [0, 0.1) is 17.2 Å². The monoisotopic (exact) mass is 249 g/mol. The van der Waals surface area contributed by atoms with Crippen molar-refractivity contribution in [3.63, 3.8) is 0 Å². The minimum Gasteiger partial charge on any atom is -0.198 e. The van der Waals surface area contributed by atoms with Crippen molar-refractivity contribution in [2.75, 3.05) is 0 Å². The molecule has 1 aliphatic carbocycles. The average Bonchev–Trinajstić information content (AvgIpc) is 3.00. The average molecular weight is 250 g/mol. The van der Waals surface area contributed by atoms with Crippen LogP contribution in [0.25, 0.3) is 0 Å². The molecule has 1 aromatic carbocycles. The van der Waals surface area contributed by atoms with Crippen molar-refractivity contribution in [2.45, 2.75) is 25.2 Å². The zero-order valence-electron chi connectivity index (χ0n) is 7.91. The van der Waals surface area contributed by atoms with Gasteiger partial charge in [-0.25, -0.2) is 0 Å². The highest BCUT2D eigenvalue weighted by Gasteiger charge is 2.26. The Hall–Kier alpha value is -0.810. The van der Waals surface area contributed by atoms with E-state index in [1.807, 2.05) is 24.3 Å². The molecule has 0 aliphatic heterocycles. The van der Waals surface area contributed by atoms with E-state index in [9.17, 15) is 0 Å². The molecule has 0 amide bonds. The van der Waals surface area contributed by atoms with Gasteiger partial charge < -0.3 is 0 Å². The maximum Gasteiger partial charge on any atom is 0.0715 e. The van der Waals surface area contributed by atoms with Crippen LogP contribution in [0.4, 0.5) is 0 Å². The van der Waals surface area contributed by atoms with Crippen LogP contribution in [0.1, 0.15) is 30.7 Å². The summed E-state index contributed by atoms with van der Waals surface area (Å²) in [5, 5.41) is 9.06. The van der Waals surface area contributed by atoms with Gasteiger partial charge in [0.1, 0.15) is 0 Å². The lowest BCUT2D eigenvalue weighted by Crippen LogP contribution is -1.96. The fourth-order valence-electron chi connectivity index (χ4n) is 1.65. The molecule has 0 radical (unpaired) electrons. The molecule has 1 saturated carbocycles. The Morgan fingerprint density at radius 2 is 2.00 bits per heavy atom. The molecular formula is C12H12BrN. The molecule has 2 heteroatoms. The first-order valence-corrected chi connectivity index (χ1v) is 5.74. The van der Waals surface area contributed by atoms with Crippen molar-refractivity contribution in [1.29, 1.82) is 5.26 Å². The minimum absolute atomic E-state index is 0.0931. The summed E-state index contributed by atoms with van der Waals surface area (Å²) in [5.41, 5.74) is 1.16. The van der Waals surface area contributed by atoms with E-state index in [-0.39, 0.29) is 5.92 Å². The number of nitriles is 1. The smallest absolute Gasteiger partial charge is 0.0715 e. The van der Waals surface area contributed by atoms with Crippen molar-refractivity contribution >= 4 is 15.9 Å². The van der Waals surface area contributed by atoms with E-state index >= 15 is 0 Å². The zero-order valence-corrected chi connectivity index (χ0v) is 9.50. The van der Waals surface area contributed by atoms with Gasteiger partial charge in [-0.3, -0.25) is 0 Å². The summed E-state index contributed by atoms with van der Waals surface area (Å²) < 4.78 is 1.07. The highest BCUT2D eigenvalue weighted by Crippen LogP contribution is 2.38. The molecule has 0 aromatic heterocycles. The third kappa shape index (κ3) is 2.36. The minimum atomic E-state index is 0.0931. The topological polar surface area (TPSA) is 23.8 Å². The summed E-state index contributed by atoms with van der Waals surface area (Å²) in [6.45, 7) is 0. The lowest BCUT2D eigenvalue weighted by Gasteiger charge is -2.08. The fourth-order valence-corrected chi connectivity index (χ4v) is 1.91. The summed E-state index contributed by atoms with van der Waals surface area (Å²) in [6.07, 6.45) is 3.67. The Kier molecular flexibility index (Phi) is 2.88. The third-order valence-electron chi connectivity index (χ3n) is 2.69. The highest BCUT2D eigenvalue weighted by molar-refractivity contribution is 9.10. The van der Waals surface area contributed by atoms with Gasteiger partial charge in [-0.15, -0.1) is 0 Å². The molecule has 1 unspecified atom stereocenters. The Morgan fingerprint density at radius 3 is 2.50 bits per heavy atom. The molecule has 1 atom stereocenters. The maximum atomic E-state index is 9.06. The summed E-state index contributed by atoms with van der Waals surface area (Å²) in [7, 11) is 0. The van der Waals surface area contributed by atoms with Crippen molar-refractivity contribution in [1.82, 2.24) is 0 Å². The van der Waals surface area contributed by atoms with Crippen molar-refractivity contribution < 1.29 is 0 Å². The number of halogens is 1. The van der Waals surface area contributed by atoms with Crippen LogP contribution in [0.15, 0.2) is 28.7 Å². The van der Waals surface area contributed by atoms with Crippen LogP contribution in [0.2, 0.25) is 0 Å². The summed E-state index contributed by atoms with van der Waals surface area (Å²) >= 11 is 3.40. The number of rotatable bonds is 3. The number of hydrogen-bond donors (Lipinski definition) is 0. The van der Waals surface area contributed by atoms with E-state index in [2.05, 4.69) is 22.0 Å². The van der Waals surface area contributed by atoms with E-state index < -0.39 is 0 Å². The predicted molar refractivity (Wildman–Crippen MR) is 59.8 cm³/mol. The predicted octanol–water partition coefficient (Wildman–Crippen LogP) is 3.86. The molecule has 1 aliphatic rings. The van der Waals surface area contributed by atoms with Gasteiger partial charge in [-0.05, 0) is 30.0 Å². The largest absolute Gasteiger partial charge is 0.198 e. The molecule has 0 bridgehead atoms. The second-order valence-corrected chi connectivity index (χ2v) is 4.83. The standard InChI is InChI=1S/C12H12BrN/c13-12-5-3-10(4-6-12)11(8-14)7-9-1-2-9/h3-6,9,11H,1-2,7H2. The highest BCUT2D eigenvalue weighted by atomic mass is 79.9. The second-order valence-electron chi connectivity index (χ2n) is 3.91. The van der Waals surface area contributed by atoms with Crippen LogP contribution in [0.5, 0.6) is 0 Å². The molecule has 72 valence electrons. The van der Waals surface area contributed by atoms with Gasteiger partial charge in [-0.2, -0.15) is 5.26 Å². The number of benzene rings is 1. The first kappa shape index (κ1) is 9.73. The molecule has 2 rings (SSSR count). The van der Waals surface area contributed by atoms with Gasteiger partial charge in [0.15, 0.2) is 0 Å². The molecule has 1 aromatic rings. The molecule has 14 heavy (non-hydrogen) atoms. The Balaban J connectivity index is 2.10. The second kappa shape index (κ2) is 4.14. The third-order valence-corrected chi connectivity index (χ3v) is 3.22. The number of nitrogens with zero attached hydrogens (tertiary/aromatic N) is 1. The van der Waals surface area contributed by atoms with E-state index in [0.717, 1.165) is 22.4 Å². The van der Waals surface area contributed by atoms with E-state index in [1.165, 1.54) is 12.8 Å². The zero-order chi connectivity index (χ0) is 9.97. The van der Waals surface area contributed by atoms with Gasteiger partial charge in [-0.1, -0.05) is 40.9 Å². The first-order valence-electron chi connectivity index (χ1n) is 4.94. The normalized spacial score (nSPS) is 17.4. The van der Waals surface area contributed by atoms with Crippen LogP contribution in [0.3, 0.4) is 0 Å². The van der Waals surface area contributed by atoms with E-state index in [1.54, 1.807) is 0 Å². The Labute approximate surface area is 92.9 Å². The SMILES string of the molecule is N#CC(CC1CC1)c1ccc(Br)cc1. The van der Waals surface area contributed by atoms with Crippen molar-refractivity contribution in [3.8, 4) is 6.07 Å².